The molecule has 19 heavy (non-hydrogen) atoms. The zero-order valence-corrected chi connectivity index (χ0v) is 11.6. The van der Waals surface area contributed by atoms with Crippen molar-refractivity contribution in [2.24, 2.45) is 11.1 Å². The highest BCUT2D eigenvalue weighted by Gasteiger charge is 2.30. The number of rotatable bonds is 5. The summed E-state index contributed by atoms with van der Waals surface area (Å²) in [6.45, 7) is 4.53. The second-order valence-electron chi connectivity index (χ2n) is 6.03. The SMILES string of the molecule is CC1(C)CCC(Nc2cccc(OCC(N)=O)c2)C1. The molecule has 0 spiro atoms. The lowest BCUT2D eigenvalue weighted by Crippen LogP contribution is -2.20. The van der Waals surface area contributed by atoms with Crippen LogP contribution in [0.2, 0.25) is 0 Å². The van der Waals surface area contributed by atoms with E-state index in [4.69, 9.17) is 10.5 Å². The quantitative estimate of drug-likeness (QED) is 0.857. The molecule has 3 N–H and O–H groups in total. The molecule has 4 nitrogen and oxygen atoms in total. The van der Waals surface area contributed by atoms with Crippen molar-refractivity contribution >= 4 is 11.6 Å². The summed E-state index contributed by atoms with van der Waals surface area (Å²) >= 11 is 0. The van der Waals surface area contributed by atoms with E-state index in [2.05, 4.69) is 19.2 Å². The van der Waals surface area contributed by atoms with Crippen LogP contribution in [-0.2, 0) is 4.79 Å². The fourth-order valence-corrected chi connectivity index (χ4v) is 2.63. The molecule has 1 saturated carbocycles. The van der Waals surface area contributed by atoms with E-state index in [0.29, 0.717) is 17.2 Å². The summed E-state index contributed by atoms with van der Waals surface area (Å²) in [5.74, 6) is 0.206. The Morgan fingerprint density at radius 2 is 2.32 bits per heavy atom. The van der Waals surface area contributed by atoms with Crippen molar-refractivity contribution in [1.29, 1.82) is 0 Å². The van der Waals surface area contributed by atoms with Crippen LogP contribution in [0.4, 0.5) is 5.69 Å². The van der Waals surface area contributed by atoms with Crippen LogP contribution in [0.1, 0.15) is 33.1 Å². The van der Waals surface area contributed by atoms with E-state index < -0.39 is 5.91 Å². The van der Waals surface area contributed by atoms with Gasteiger partial charge in [-0.1, -0.05) is 19.9 Å². The lowest BCUT2D eigenvalue weighted by molar-refractivity contribution is -0.119. The molecule has 0 bridgehead atoms. The number of carbonyl (C=O) groups is 1. The highest BCUT2D eigenvalue weighted by molar-refractivity contribution is 5.75. The molecule has 1 aromatic carbocycles. The van der Waals surface area contributed by atoms with E-state index in [1.54, 1.807) is 0 Å². The standard InChI is InChI=1S/C15H22N2O2/c1-15(2)7-6-12(9-15)17-11-4-3-5-13(8-11)19-10-14(16)18/h3-5,8,12,17H,6-7,9-10H2,1-2H3,(H2,16,18). The first-order chi connectivity index (χ1) is 8.94. The van der Waals surface area contributed by atoms with Gasteiger partial charge in [-0.05, 0) is 36.8 Å². The van der Waals surface area contributed by atoms with Gasteiger partial charge in [0.05, 0.1) is 0 Å². The number of anilines is 1. The van der Waals surface area contributed by atoms with E-state index >= 15 is 0 Å². The summed E-state index contributed by atoms with van der Waals surface area (Å²) < 4.78 is 5.30. The molecule has 0 aliphatic heterocycles. The van der Waals surface area contributed by atoms with Crippen LogP contribution in [0.3, 0.4) is 0 Å². The number of nitrogens with two attached hydrogens (primary N) is 1. The summed E-state index contributed by atoms with van der Waals surface area (Å²) in [7, 11) is 0. The smallest absolute Gasteiger partial charge is 0.255 e. The summed E-state index contributed by atoms with van der Waals surface area (Å²) in [5, 5.41) is 3.53. The number of hydrogen-bond donors (Lipinski definition) is 2. The number of ether oxygens (including phenoxy) is 1. The molecule has 2 rings (SSSR count). The largest absolute Gasteiger partial charge is 0.484 e. The zero-order chi connectivity index (χ0) is 13.9. The molecule has 0 radical (unpaired) electrons. The number of carbonyl (C=O) groups excluding carboxylic acids is 1. The Hall–Kier alpha value is -1.71. The van der Waals surface area contributed by atoms with Gasteiger partial charge in [0.25, 0.3) is 5.91 Å². The molecule has 1 aliphatic carbocycles. The molecule has 1 atom stereocenters. The molecule has 1 aliphatic rings. The molecule has 1 fully saturated rings. The number of nitrogens with one attached hydrogen (secondary N) is 1. The minimum absolute atomic E-state index is 0.0834. The normalized spacial score (nSPS) is 21.1. The van der Waals surface area contributed by atoms with Gasteiger partial charge in [0.15, 0.2) is 6.61 Å². The van der Waals surface area contributed by atoms with Crippen LogP contribution in [0.15, 0.2) is 24.3 Å². The maximum Gasteiger partial charge on any atom is 0.255 e. The first-order valence-corrected chi connectivity index (χ1v) is 6.72. The minimum atomic E-state index is -0.462. The van der Waals surface area contributed by atoms with E-state index in [1.165, 1.54) is 19.3 Å². The minimum Gasteiger partial charge on any atom is -0.484 e. The summed E-state index contributed by atoms with van der Waals surface area (Å²) in [6.07, 6.45) is 3.63. The summed E-state index contributed by atoms with van der Waals surface area (Å²) in [6, 6.07) is 8.18. The third-order valence-corrected chi connectivity index (χ3v) is 3.55. The zero-order valence-electron chi connectivity index (χ0n) is 11.6. The number of primary amides is 1. The lowest BCUT2D eigenvalue weighted by Gasteiger charge is -2.19. The molecule has 1 aromatic rings. The second-order valence-corrected chi connectivity index (χ2v) is 6.03. The molecular weight excluding hydrogens is 240 g/mol. The van der Waals surface area contributed by atoms with E-state index in [9.17, 15) is 4.79 Å². The van der Waals surface area contributed by atoms with Crippen molar-refractivity contribution in [3.05, 3.63) is 24.3 Å². The van der Waals surface area contributed by atoms with Crippen LogP contribution < -0.4 is 15.8 Å². The molecule has 1 amide bonds. The predicted octanol–water partition coefficient (Wildman–Crippen LogP) is 2.54. The van der Waals surface area contributed by atoms with Crippen molar-refractivity contribution in [1.82, 2.24) is 0 Å². The van der Waals surface area contributed by atoms with Crippen LogP contribution in [0.5, 0.6) is 5.75 Å². The van der Waals surface area contributed by atoms with Gasteiger partial charge in [-0.2, -0.15) is 0 Å². The third-order valence-electron chi connectivity index (χ3n) is 3.55. The number of amides is 1. The maximum absolute atomic E-state index is 10.7. The molecule has 0 aromatic heterocycles. The second kappa shape index (κ2) is 5.51. The van der Waals surface area contributed by atoms with Gasteiger partial charge in [-0.15, -0.1) is 0 Å². The van der Waals surface area contributed by atoms with Gasteiger partial charge < -0.3 is 15.8 Å². The monoisotopic (exact) mass is 262 g/mol. The van der Waals surface area contributed by atoms with Crippen LogP contribution in [0.25, 0.3) is 0 Å². The topological polar surface area (TPSA) is 64.3 Å². The third kappa shape index (κ3) is 4.16. The number of hydrogen-bond acceptors (Lipinski definition) is 3. The van der Waals surface area contributed by atoms with Gasteiger partial charge >= 0.3 is 0 Å². The van der Waals surface area contributed by atoms with E-state index in [-0.39, 0.29) is 6.61 Å². The first kappa shape index (κ1) is 13.7. The van der Waals surface area contributed by atoms with E-state index in [0.717, 1.165) is 5.69 Å². The highest BCUT2D eigenvalue weighted by Crippen LogP contribution is 2.38. The average Bonchev–Trinajstić information content (AvgIpc) is 2.66. The Kier molecular flexibility index (Phi) is 3.98. The first-order valence-electron chi connectivity index (χ1n) is 6.72. The Labute approximate surface area is 114 Å². The van der Waals surface area contributed by atoms with E-state index in [1.807, 2.05) is 24.3 Å². The van der Waals surface area contributed by atoms with Crippen molar-refractivity contribution in [3.63, 3.8) is 0 Å². The molecule has 0 heterocycles. The highest BCUT2D eigenvalue weighted by atomic mass is 16.5. The summed E-state index contributed by atoms with van der Waals surface area (Å²) in [5.41, 5.74) is 6.52. The molecular formula is C15H22N2O2. The Morgan fingerprint density at radius 1 is 1.53 bits per heavy atom. The fraction of sp³-hybridized carbons (Fsp3) is 0.533. The van der Waals surface area contributed by atoms with Crippen molar-refractivity contribution in [3.8, 4) is 5.75 Å². The van der Waals surface area contributed by atoms with Crippen molar-refractivity contribution in [2.75, 3.05) is 11.9 Å². The van der Waals surface area contributed by atoms with Gasteiger partial charge in [-0.3, -0.25) is 4.79 Å². The molecule has 104 valence electrons. The average molecular weight is 262 g/mol. The van der Waals surface area contributed by atoms with Crippen LogP contribution >= 0.6 is 0 Å². The lowest BCUT2D eigenvalue weighted by atomic mass is 9.92. The van der Waals surface area contributed by atoms with Gasteiger partial charge in [0, 0.05) is 17.8 Å². The number of benzene rings is 1. The molecule has 0 saturated heterocycles. The molecule has 1 unspecified atom stereocenters. The maximum atomic E-state index is 10.7. The van der Waals surface area contributed by atoms with Gasteiger partial charge in [-0.25, -0.2) is 0 Å². The van der Waals surface area contributed by atoms with Crippen molar-refractivity contribution < 1.29 is 9.53 Å². The Morgan fingerprint density at radius 3 is 2.95 bits per heavy atom. The molecule has 4 heteroatoms. The van der Waals surface area contributed by atoms with Crippen LogP contribution in [0, 0.1) is 5.41 Å². The Bertz CT molecular complexity index is 457. The Balaban J connectivity index is 1.94. The predicted molar refractivity (Wildman–Crippen MR) is 76.2 cm³/mol. The van der Waals surface area contributed by atoms with Gasteiger partial charge in [0.2, 0.25) is 0 Å². The fourth-order valence-electron chi connectivity index (χ4n) is 2.63. The summed E-state index contributed by atoms with van der Waals surface area (Å²) in [4.78, 5) is 10.7. The van der Waals surface area contributed by atoms with Crippen molar-refractivity contribution in [2.45, 2.75) is 39.2 Å². The van der Waals surface area contributed by atoms with Crippen LogP contribution in [-0.4, -0.2) is 18.6 Å². The van der Waals surface area contributed by atoms with Gasteiger partial charge in [0.1, 0.15) is 5.75 Å².